The van der Waals surface area contributed by atoms with E-state index in [4.69, 9.17) is 5.73 Å². The van der Waals surface area contributed by atoms with Crippen LogP contribution in [0.25, 0.3) is 22.8 Å². The molecule has 0 fully saturated rings. The van der Waals surface area contributed by atoms with Crippen molar-refractivity contribution in [1.82, 2.24) is 25.3 Å². The van der Waals surface area contributed by atoms with E-state index in [1.807, 2.05) is 55.7 Å². The molecule has 4 N–H and O–H groups in total. The number of pyridine rings is 2. The number of nitrogen functional groups attached to an aromatic ring is 1. The van der Waals surface area contributed by atoms with E-state index in [0.29, 0.717) is 23.8 Å². The molecule has 4 aromatic rings. The van der Waals surface area contributed by atoms with Gasteiger partial charge in [0.1, 0.15) is 11.6 Å². The highest BCUT2D eigenvalue weighted by Gasteiger charge is 2.14. The first-order valence-electron chi connectivity index (χ1n) is 11.0. The van der Waals surface area contributed by atoms with Gasteiger partial charge < -0.3 is 16.0 Å². The number of aromatic nitrogens is 4. The van der Waals surface area contributed by atoms with Crippen LogP contribution in [-0.4, -0.2) is 19.9 Å². The average Bonchev–Trinajstić information content (AvgIpc) is 3.24. The fourth-order valence-electron chi connectivity index (χ4n) is 3.63. The third-order valence-electron chi connectivity index (χ3n) is 5.47. The second-order valence-electron chi connectivity index (χ2n) is 8.00. The zero-order chi connectivity index (χ0) is 23.9. The summed E-state index contributed by atoms with van der Waals surface area (Å²) in [5, 5.41) is 3.47. The molecule has 0 amide bonds. The molecule has 6 heteroatoms. The predicted molar refractivity (Wildman–Crippen MR) is 140 cm³/mol. The molecule has 0 spiro atoms. The van der Waals surface area contributed by atoms with Gasteiger partial charge in [-0.05, 0) is 36.3 Å². The lowest BCUT2D eigenvalue weighted by Crippen LogP contribution is -2.12. The van der Waals surface area contributed by atoms with Crippen LogP contribution >= 0.6 is 0 Å². The Kier molecular flexibility index (Phi) is 7.10. The molecule has 6 nitrogen and oxygen atoms in total. The molecule has 4 rings (SSSR count). The van der Waals surface area contributed by atoms with Crippen LogP contribution in [0.15, 0.2) is 86.4 Å². The molecule has 170 valence electrons. The van der Waals surface area contributed by atoms with Crippen LogP contribution in [0.2, 0.25) is 0 Å². The van der Waals surface area contributed by atoms with Gasteiger partial charge in [0.2, 0.25) is 0 Å². The van der Waals surface area contributed by atoms with Crippen molar-refractivity contribution in [2.45, 2.75) is 20.0 Å². The monoisotopic (exact) mass is 448 g/mol. The van der Waals surface area contributed by atoms with Crippen LogP contribution < -0.4 is 11.1 Å². The van der Waals surface area contributed by atoms with Gasteiger partial charge in [0.05, 0.1) is 5.69 Å². The molecule has 0 saturated heterocycles. The summed E-state index contributed by atoms with van der Waals surface area (Å²) >= 11 is 0. The van der Waals surface area contributed by atoms with Crippen LogP contribution in [0.5, 0.6) is 0 Å². The Labute approximate surface area is 200 Å². The number of nitrogens with one attached hydrogen (secondary N) is 2. The smallest absolute Gasteiger partial charge is 0.138 e. The van der Waals surface area contributed by atoms with Crippen LogP contribution in [0.3, 0.4) is 0 Å². The van der Waals surface area contributed by atoms with E-state index >= 15 is 0 Å². The van der Waals surface area contributed by atoms with Crippen molar-refractivity contribution < 1.29 is 0 Å². The largest absolute Gasteiger partial charge is 0.383 e. The van der Waals surface area contributed by atoms with Gasteiger partial charge in [0.25, 0.3) is 0 Å². The lowest BCUT2D eigenvalue weighted by molar-refractivity contribution is 0.691. The zero-order valence-corrected chi connectivity index (χ0v) is 19.3. The molecule has 3 aromatic heterocycles. The van der Waals surface area contributed by atoms with E-state index in [2.05, 4.69) is 56.6 Å². The summed E-state index contributed by atoms with van der Waals surface area (Å²) in [7, 11) is 0. The summed E-state index contributed by atoms with van der Waals surface area (Å²) in [5.74, 6) is 1.06. The van der Waals surface area contributed by atoms with Gasteiger partial charge in [0.15, 0.2) is 0 Å². The Morgan fingerprint density at radius 2 is 1.82 bits per heavy atom. The Hall–Kier alpha value is -4.29. The van der Waals surface area contributed by atoms with E-state index in [9.17, 15) is 0 Å². The maximum absolute atomic E-state index is 6.22. The van der Waals surface area contributed by atoms with Gasteiger partial charge in [-0.3, -0.25) is 4.98 Å². The van der Waals surface area contributed by atoms with Crippen molar-refractivity contribution in [3.05, 3.63) is 120 Å². The number of hydrogen-bond donors (Lipinski definition) is 3. The van der Waals surface area contributed by atoms with Gasteiger partial charge in [-0.25, -0.2) is 9.97 Å². The third kappa shape index (κ3) is 5.36. The molecule has 1 aromatic carbocycles. The number of nitrogens with two attached hydrogens (primary N) is 1. The predicted octanol–water partition coefficient (Wildman–Crippen LogP) is 5.31. The quantitative estimate of drug-likeness (QED) is 0.302. The van der Waals surface area contributed by atoms with E-state index in [-0.39, 0.29) is 0 Å². The third-order valence-corrected chi connectivity index (χ3v) is 5.47. The maximum Gasteiger partial charge on any atom is 0.138 e. The number of imidazole rings is 1. The Morgan fingerprint density at radius 1 is 1.06 bits per heavy atom. The molecular formula is C28H28N6. The van der Waals surface area contributed by atoms with E-state index < -0.39 is 0 Å². The molecule has 0 saturated carbocycles. The minimum absolute atomic E-state index is 0.402. The summed E-state index contributed by atoms with van der Waals surface area (Å²) < 4.78 is 0. The number of aromatic amines is 1. The van der Waals surface area contributed by atoms with Crippen molar-refractivity contribution in [1.29, 1.82) is 0 Å². The van der Waals surface area contributed by atoms with Crippen molar-refractivity contribution in [2.75, 3.05) is 5.73 Å². The van der Waals surface area contributed by atoms with Gasteiger partial charge in [0, 0.05) is 59.6 Å². The number of aryl methyl sites for hydroxylation is 1. The normalized spacial score (nSPS) is 11.1. The Bertz CT molecular complexity index is 1330. The minimum Gasteiger partial charge on any atom is -0.383 e. The number of anilines is 1. The van der Waals surface area contributed by atoms with Crippen LogP contribution in [0, 0.1) is 6.92 Å². The average molecular weight is 449 g/mol. The van der Waals surface area contributed by atoms with E-state index in [1.165, 1.54) is 5.56 Å². The molecule has 0 aliphatic rings. The highest BCUT2D eigenvalue weighted by atomic mass is 14.9. The molecule has 0 aliphatic heterocycles. The van der Waals surface area contributed by atoms with Gasteiger partial charge >= 0.3 is 0 Å². The molecule has 0 bridgehead atoms. The lowest BCUT2D eigenvalue weighted by Gasteiger charge is -2.10. The number of benzene rings is 1. The van der Waals surface area contributed by atoms with E-state index in [1.54, 1.807) is 12.3 Å². The van der Waals surface area contributed by atoms with Crippen molar-refractivity contribution in [3.63, 3.8) is 0 Å². The SMILES string of the molecule is C=C/C=C\c1nc(C(=C)c2cc(-c3cncc(CNCc4ccccc4)c3)cnc2N)[nH]c1C. The fourth-order valence-corrected chi connectivity index (χ4v) is 3.63. The summed E-state index contributed by atoms with van der Waals surface area (Å²) in [5.41, 5.74) is 13.6. The number of H-pyrrole nitrogens is 1. The summed E-state index contributed by atoms with van der Waals surface area (Å²) in [6, 6.07) is 14.4. The lowest BCUT2D eigenvalue weighted by atomic mass is 10.0. The summed E-state index contributed by atoms with van der Waals surface area (Å²) in [6.45, 7) is 11.4. The highest BCUT2D eigenvalue weighted by molar-refractivity contribution is 5.83. The Morgan fingerprint density at radius 3 is 2.62 bits per heavy atom. The zero-order valence-electron chi connectivity index (χ0n) is 19.3. The minimum atomic E-state index is 0.402. The molecule has 0 radical (unpaired) electrons. The summed E-state index contributed by atoms with van der Waals surface area (Å²) in [4.78, 5) is 16.8. The molecular weight excluding hydrogens is 420 g/mol. The van der Waals surface area contributed by atoms with Crippen molar-refractivity contribution in [3.8, 4) is 11.1 Å². The van der Waals surface area contributed by atoms with Crippen molar-refractivity contribution >= 4 is 17.5 Å². The maximum atomic E-state index is 6.22. The van der Waals surface area contributed by atoms with Gasteiger partial charge in [-0.15, -0.1) is 0 Å². The summed E-state index contributed by atoms with van der Waals surface area (Å²) in [6.07, 6.45) is 10.9. The molecule has 0 atom stereocenters. The first-order valence-corrected chi connectivity index (χ1v) is 11.0. The number of allylic oxidation sites excluding steroid dienone is 2. The number of nitrogens with zero attached hydrogens (tertiary/aromatic N) is 3. The van der Waals surface area contributed by atoms with Gasteiger partial charge in [-0.2, -0.15) is 0 Å². The second kappa shape index (κ2) is 10.6. The van der Waals surface area contributed by atoms with Gasteiger partial charge in [-0.1, -0.05) is 55.6 Å². The Balaban J connectivity index is 1.54. The number of rotatable bonds is 9. The number of hydrogen-bond acceptors (Lipinski definition) is 5. The highest BCUT2D eigenvalue weighted by Crippen LogP contribution is 2.29. The van der Waals surface area contributed by atoms with Crippen molar-refractivity contribution in [2.24, 2.45) is 0 Å². The van der Waals surface area contributed by atoms with Crippen LogP contribution in [0.4, 0.5) is 5.82 Å². The fraction of sp³-hybridized carbons (Fsp3) is 0.107. The standard InChI is InChI=1S/C28H28N6/c1-4-5-11-26-20(3)33-28(34-26)19(2)25-13-24(18-32-27(25)29)23-12-22(16-31-17-23)15-30-14-21-9-7-6-8-10-21/h4-13,16-18,30H,1-2,14-15H2,3H3,(H2,29,32)(H,33,34)/b11-5-. The molecule has 3 heterocycles. The molecule has 0 unspecified atom stereocenters. The first-order chi connectivity index (χ1) is 16.5. The van der Waals surface area contributed by atoms with Crippen LogP contribution in [0.1, 0.15) is 33.9 Å². The van der Waals surface area contributed by atoms with Crippen LogP contribution in [-0.2, 0) is 13.1 Å². The topological polar surface area (TPSA) is 92.5 Å². The molecule has 34 heavy (non-hydrogen) atoms. The molecule has 0 aliphatic carbocycles. The first kappa shape index (κ1) is 22.9. The van der Waals surface area contributed by atoms with E-state index in [0.717, 1.165) is 40.2 Å². The second-order valence-corrected chi connectivity index (χ2v) is 8.00.